The van der Waals surface area contributed by atoms with E-state index in [9.17, 15) is 8.42 Å². The molecule has 2 rings (SSSR count). The van der Waals surface area contributed by atoms with Crippen molar-refractivity contribution in [3.8, 4) is 0 Å². The zero-order valence-electron chi connectivity index (χ0n) is 14.1. The molecule has 0 bridgehead atoms. The minimum Gasteiger partial charge on any atom is -0.378 e. The summed E-state index contributed by atoms with van der Waals surface area (Å²) in [6, 6.07) is 13.3. The van der Waals surface area contributed by atoms with Crippen LogP contribution in [0.4, 0.5) is 5.69 Å². The maximum absolute atomic E-state index is 12.3. The molecule has 0 spiro atoms. The third kappa shape index (κ3) is 4.56. The molecule has 5 heteroatoms. The number of rotatable bonds is 6. The first-order valence-corrected chi connectivity index (χ1v) is 9.11. The fourth-order valence-corrected chi connectivity index (χ4v) is 3.37. The van der Waals surface area contributed by atoms with Crippen molar-refractivity contribution in [2.24, 2.45) is 0 Å². The predicted molar refractivity (Wildman–Crippen MR) is 95.6 cm³/mol. The number of hydrogen-bond donors (Lipinski definition) is 1. The van der Waals surface area contributed by atoms with Crippen LogP contribution in [-0.2, 0) is 16.4 Å². The molecule has 4 nitrogen and oxygen atoms in total. The Kier molecular flexibility index (Phi) is 5.44. The predicted octanol–water partition coefficient (Wildman–Crippen LogP) is 2.89. The molecular weight excluding hydrogens is 308 g/mol. The fourth-order valence-electron chi connectivity index (χ4n) is 2.25. The number of sulfonamides is 1. The van der Waals surface area contributed by atoms with Crippen LogP contribution in [0.25, 0.3) is 0 Å². The van der Waals surface area contributed by atoms with E-state index < -0.39 is 10.0 Å². The lowest BCUT2D eigenvalue weighted by atomic mass is 10.1. The van der Waals surface area contributed by atoms with Crippen molar-refractivity contribution in [3.05, 3.63) is 59.2 Å². The zero-order chi connectivity index (χ0) is 17.0. The van der Waals surface area contributed by atoms with Crippen molar-refractivity contribution in [2.45, 2.75) is 25.2 Å². The molecule has 0 saturated heterocycles. The first kappa shape index (κ1) is 17.5. The SMILES string of the molecule is Cc1ccc(S(=O)(=O)NCCc2ccc(N(C)C)cc2)cc1C. The average Bonchev–Trinajstić information content (AvgIpc) is 2.50. The van der Waals surface area contributed by atoms with Crippen LogP contribution in [0, 0.1) is 13.8 Å². The Bertz CT molecular complexity index is 766. The number of benzene rings is 2. The van der Waals surface area contributed by atoms with Gasteiger partial charge in [-0.1, -0.05) is 18.2 Å². The highest BCUT2D eigenvalue weighted by Gasteiger charge is 2.13. The number of nitrogens with zero attached hydrogens (tertiary/aromatic N) is 1. The van der Waals surface area contributed by atoms with Crippen LogP contribution in [0.1, 0.15) is 16.7 Å². The maximum atomic E-state index is 12.3. The summed E-state index contributed by atoms with van der Waals surface area (Å²) in [6.07, 6.45) is 0.664. The molecule has 2 aromatic rings. The summed E-state index contributed by atoms with van der Waals surface area (Å²) in [5, 5.41) is 0. The van der Waals surface area contributed by atoms with Gasteiger partial charge in [-0.25, -0.2) is 13.1 Å². The average molecular weight is 332 g/mol. The van der Waals surface area contributed by atoms with Crippen LogP contribution in [0.5, 0.6) is 0 Å². The second-order valence-electron chi connectivity index (χ2n) is 5.95. The van der Waals surface area contributed by atoms with Gasteiger partial charge in [0.05, 0.1) is 4.90 Å². The number of nitrogens with one attached hydrogen (secondary N) is 1. The van der Waals surface area contributed by atoms with E-state index in [0.717, 1.165) is 22.4 Å². The highest BCUT2D eigenvalue weighted by atomic mass is 32.2. The van der Waals surface area contributed by atoms with E-state index >= 15 is 0 Å². The highest BCUT2D eigenvalue weighted by molar-refractivity contribution is 7.89. The van der Waals surface area contributed by atoms with E-state index in [0.29, 0.717) is 17.9 Å². The van der Waals surface area contributed by atoms with Gasteiger partial charge in [-0.15, -0.1) is 0 Å². The highest BCUT2D eigenvalue weighted by Crippen LogP contribution is 2.15. The molecule has 0 heterocycles. The van der Waals surface area contributed by atoms with E-state index in [4.69, 9.17) is 0 Å². The lowest BCUT2D eigenvalue weighted by Crippen LogP contribution is -2.26. The maximum Gasteiger partial charge on any atom is 0.240 e. The van der Waals surface area contributed by atoms with Gasteiger partial charge in [0.1, 0.15) is 0 Å². The molecule has 0 atom stereocenters. The Labute approximate surface area is 139 Å². The summed E-state index contributed by atoms with van der Waals surface area (Å²) in [5.74, 6) is 0. The lowest BCUT2D eigenvalue weighted by Gasteiger charge is -2.13. The summed E-state index contributed by atoms with van der Waals surface area (Å²) in [6.45, 7) is 4.27. The number of hydrogen-bond acceptors (Lipinski definition) is 3. The molecule has 0 radical (unpaired) electrons. The second-order valence-corrected chi connectivity index (χ2v) is 7.72. The summed E-state index contributed by atoms with van der Waals surface area (Å²) < 4.78 is 27.3. The van der Waals surface area contributed by atoms with Crippen molar-refractivity contribution in [1.82, 2.24) is 4.72 Å². The smallest absolute Gasteiger partial charge is 0.240 e. The van der Waals surface area contributed by atoms with E-state index in [1.54, 1.807) is 12.1 Å². The van der Waals surface area contributed by atoms with Gasteiger partial charge in [-0.3, -0.25) is 0 Å². The normalized spacial score (nSPS) is 11.5. The first-order valence-electron chi connectivity index (χ1n) is 7.63. The standard InChI is InChI=1S/C18H24N2O2S/c1-14-5-10-18(13-15(14)2)23(21,22)19-12-11-16-6-8-17(9-7-16)20(3)4/h5-10,13,19H,11-12H2,1-4H3. The molecule has 0 fully saturated rings. The Morgan fingerprint density at radius 2 is 1.61 bits per heavy atom. The van der Waals surface area contributed by atoms with E-state index in [-0.39, 0.29) is 0 Å². The Morgan fingerprint density at radius 3 is 2.17 bits per heavy atom. The summed E-state index contributed by atoms with van der Waals surface area (Å²) >= 11 is 0. The van der Waals surface area contributed by atoms with Gasteiger partial charge >= 0.3 is 0 Å². The van der Waals surface area contributed by atoms with Crippen LogP contribution in [0.3, 0.4) is 0 Å². The summed E-state index contributed by atoms with van der Waals surface area (Å²) in [5.41, 5.74) is 4.31. The van der Waals surface area contributed by atoms with Crippen molar-refractivity contribution < 1.29 is 8.42 Å². The van der Waals surface area contributed by atoms with Crippen LogP contribution < -0.4 is 9.62 Å². The molecule has 0 aliphatic rings. The minimum absolute atomic E-state index is 0.323. The van der Waals surface area contributed by atoms with E-state index in [1.807, 2.05) is 63.2 Å². The summed E-state index contributed by atoms with van der Waals surface area (Å²) in [4.78, 5) is 2.36. The van der Waals surface area contributed by atoms with Crippen LogP contribution in [0.2, 0.25) is 0 Å². The first-order chi connectivity index (χ1) is 10.8. The molecule has 0 aromatic heterocycles. The monoisotopic (exact) mass is 332 g/mol. The van der Waals surface area contributed by atoms with Gasteiger partial charge in [0.2, 0.25) is 10.0 Å². The quantitative estimate of drug-likeness (QED) is 0.885. The topological polar surface area (TPSA) is 49.4 Å². The van der Waals surface area contributed by atoms with E-state index in [2.05, 4.69) is 4.72 Å². The van der Waals surface area contributed by atoms with Gasteiger partial charge in [-0.2, -0.15) is 0 Å². The largest absolute Gasteiger partial charge is 0.378 e. The molecule has 124 valence electrons. The van der Waals surface area contributed by atoms with Gasteiger partial charge in [0, 0.05) is 26.3 Å². The van der Waals surface area contributed by atoms with Gasteiger partial charge in [-0.05, 0) is 61.2 Å². The molecule has 0 amide bonds. The Hall–Kier alpha value is -1.85. The molecule has 0 unspecified atom stereocenters. The van der Waals surface area contributed by atoms with Crippen molar-refractivity contribution in [1.29, 1.82) is 0 Å². The van der Waals surface area contributed by atoms with Crippen molar-refractivity contribution >= 4 is 15.7 Å². The third-order valence-electron chi connectivity index (χ3n) is 3.95. The molecular formula is C18H24N2O2S. The van der Waals surface area contributed by atoms with Gasteiger partial charge < -0.3 is 4.90 Å². The van der Waals surface area contributed by atoms with Crippen molar-refractivity contribution in [2.75, 3.05) is 25.5 Å². The third-order valence-corrected chi connectivity index (χ3v) is 5.41. The molecule has 23 heavy (non-hydrogen) atoms. The zero-order valence-corrected chi connectivity index (χ0v) is 14.9. The van der Waals surface area contributed by atoms with Gasteiger partial charge in [0.15, 0.2) is 0 Å². The fraction of sp³-hybridized carbons (Fsp3) is 0.333. The van der Waals surface area contributed by atoms with Crippen LogP contribution in [0.15, 0.2) is 47.4 Å². The molecule has 2 aromatic carbocycles. The van der Waals surface area contributed by atoms with Crippen molar-refractivity contribution in [3.63, 3.8) is 0 Å². The van der Waals surface area contributed by atoms with E-state index in [1.165, 1.54) is 0 Å². The molecule has 0 saturated carbocycles. The van der Waals surface area contributed by atoms with Crippen LogP contribution >= 0.6 is 0 Å². The van der Waals surface area contributed by atoms with Crippen LogP contribution in [-0.4, -0.2) is 29.1 Å². The molecule has 1 N–H and O–H groups in total. The lowest BCUT2D eigenvalue weighted by molar-refractivity contribution is 0.581. The summed E-state index contributed by atoms with van der Waals surface area (Å²) in [7, 11) is 0.536. The Morgan fingerprint density at radius 1 is 0.957 bits per heavy atom. The van der Waals surface area contributed by atoms with Gasteiger partial charge in [0.25, 0.3) is 0 Å². The minimum atomic E-state index is -3.45. The second kappa shape index (κ2) is 7.15. The molecule has 0 aliphatic heterocycles. The molecule has 0 aliphatic carbocycles. The Balaban J connectivity index is 1.98. The number of aryl methyl sites for hydroxylation is 2. The number of anilines is 1.